The number of hydrogen-bond donors (Lipinski definition) is 1. The van der Waals surface area contributed by atoms with Crippen molar-refractivity contribution in [1.29, 1.82) is 0 Å². The molecule has 2 amide bonds. The third kappa shape index (κ3) is 2.88. The minimum atomic E-state index is -0.269. The van der Waals surface area contributed by atoms with Crippen LogP contribution in [0.5, 0.6) is 0 Å². The quantitative estimate of drug-likeness (QED) is 0.907. The summed E-state index contributed by atoms with van der Waals surface area (Å²) in [5, 5.41) is 3.20. The number of nitrogens with one attached hydrogen (secondary N) is 1. The molecule has 0 aromatic carbocycles. The number of amides is 2. The van der Waals surface area contributed by atoms with Crippen LogP contribution in [0.15, 0.2) is 49.1 Å². The lowest BCUT2D eigenvalue weighted by molar-refractivity contribution is -0.120. The molecule has 4 rings (SSSR count). The SMILES string of the molecule is O=C1CC(c2cccnc2)C2(CCN(C(=O)c3ccncc3)CC2)N1. The summed E-state index contributed by atoms with van der Waals surface area (Å²) in [5.74, 6) is 0.231. The first-order valence-corrected chi connectivity index (χ1v) is 8.58. The average Bonchev–Trinajstić information content (AvgIpc) is 2.99. The predicted octanol–water partition coefficient (Wildman–Crippen LogP) is 1.76. The van der Waals surface area contributed by atoms with Gasteiger partial charge in [-0.25, -0.2) is 0 Å². The van der Waals surface area contributed by atoms with Crippen LogP contribution < -0.4 is 5.32 Å². The van der Waals surface area contributed by atoms with E-state index in [1.54, 1.807) is 30.7 Å². The van der Waals surface area contributed by atoms with E-state index in [0.29, 0.717) is 25.1 Å². The molecule has 2 fully saturated rings. The Morgan fingerprint density at radius 1 is 1.12 bits per heavy atom. The number of aromatic nitrogens is 2. The van der Waals surface area contributed by atoms with E-state index >= 15 is 0 Å². The third-order valence-electron chi connectivity index (χ3n) is 5.40. The Balaban J connectivity index is 1.51. The van der Waals surface area contributed by atoms with Crippen molar-refractivity contribution < 1.29 is 9.59 Å². The van der Waals surface area contributed by atoms with Crippen LogP contribution in [0.25, 0.3) is 0 Å². The van der Waals surface area contributed by atoms with Crippen molar-refractivity contribution >= 4 is 11.8 Å². The summed E-state index contributed by atoms with van der Waals surface area (Å²) in [5.41, 5.74) is 1.48. The van der Waals surface area contributed by atoms with Gasteiger partial charge in [0.2, 0.25) is 5.91 Å². The predicted molar refractivity (Wildman–Crippen MR) is 91.8 cm³/mol. The summed E-state index contributed by atoms with van der Waals surface area (Å²) < 4.78 is 0. The van der Waals surface area contributed by atoms with Gasteiger partial charge in [0.05, 0.1) is 5.54 Å². The van der Waals surface area contributed by atoms with Crippen molar-refractivity contribution in [3.05, 3.63) is 60.2 Å². The molecule has 2 aliphatic heterocycles. The van der Waals surface area contributed by atoms with Gasteiger partial charge in [-0.15, -0.1) is 0 Å². The Bertz CT molecular complexity index is 771. The molecular formula is C19H20N4O2. The fourth-order valence-electron chi connectivity index (χ4n) is 4.07. The highest BCUT2D eigenvalue weighted by molar-refractivity contribution is 5.94. The first-order chi connectivity index (χ1) is 12.2. The highest BCUT2D eigenvalue weighted by atomic mass is 16.2. The van der Waals surface area contributed by atoms with Crippen LogP contribution in [0.4, 0.5) is 0 Å². The van der Waals surface area contributed by atoms with Gasteiger partial charge in [-0.1, -0.05) is 6.07 Å². The molecule has 2 saturated heterocycles. The molecule has 1 N–H and O–H groups in total. The molecule has 2 aromatic heterocycles. The van der Waals surface area contributed by atoms with Gasteiger partial charge in [0.25, 0.3) is 5.91 Å². The first-order valence-electron chi connectivity index (χ1n) is 8.58. The molecule has 4 heterocycles. The number of pyridine rings is 2. The zero-order valence-corrected chi connectivity index (χ0v) is 13.9. The van der Waals surface area contributed by atoms with Crippen molar-refractivity contribution in [2.24, 2.45) is 0 Å². The average molecular weight is 336 g/mol. The number of likely N-dealkylation sites (tertiary alicyclic amines) is 1. The summed E-state index contributed by atoms with van der Waals surface area (Å²) in [4.78, 5) is 34.8. The Hall–Kier alpha value is -2.76. The van der Waals surface area contributed by atoms with Gasteiger partial charge < -0.3 is 10.2 Å². The molecule has 0 saturated carbocycles. The minimum absolute atomic E-state index is 0.0273. The Labute approximate surface area is 146 Å². The minimum Gasteiger partial charge on any atom is -0.350 e. The van der Waals surface area contributed by atoms with Crippen LogP contribution >= 0.6 is 0 Å². The Kier molecular flexibility index (Phi) is 3.95. The number of piperidine rings is 1. The van der Waals surface area contributed by atoms with Gasteiger partial charge in [-0.3, -0.25) is 19.6 Å². The number of rotatable bonds is 2. The maximum Gasteiger partial charge on any atom is 0.253 e. The molecule has 6 nitrogen and oxygen atoms in total. The first kappa shape index (κ1) is 15.7. The van der Waals surface area contributed by atoms with Crippen molar-refractivity contribution in [3.8, 4) is 0 Å². The lowest BCUT2D eigenvalue weighted by atomic mass is 9.74. The second-order valence-corrected chi connectivity index (χ2v) is 6.78. The largest absolute Gasteiger partial charge is 0.350 e. The number of carbonyl (C=O) groups excluding carboxylic acids is 2. The summed E-state index contributed by atoms with van der Waals surface area (Å²) in [6.07, 6.45) is 8.87. The molecule has 0 aliphatic carbocycles. The monoisotopic (exact) mass is 336 g/mol. The molecule has 1 unspecified atom stereocenters. The molecule has 2 aliphatic rings. The molecule has 2 aromatic rings. The van der Waals surface area contributed by atoms with E-state index in [1.165, 1.54) is 0 Å². The highest BCUT2D eigenvalue weighted by Crippen LogP contribution is 2.43. The molecule has 0 bridgehead atoms. The van der Waals surface area contributed by atoms with E-state index in [9.17, 15) is 9.59 Å². The maximum absolute atomic E-state index is 12.6. The zero-order valence-electron chi connectivity index (χ0n) is 13.9. The van der Waals surface area contributed by atoms with E-state index in [1.807, 2.05) is 23.2 Å². The molecule has 6 heteroatoms. The van der Waals surface area contributed by atoms with Crippen LogP contribution in [0, 0.1) is 0 Å². The van der Waals surface area contributed by atoms with E-state index < -0.39 is 0 Å². The summed E-state index contributed by atoms with van der Waals surface area (Å²) in [6, 6.07) is 7.42. The van der Waals surface area contributed by atoms with Gasteiger partial charge in [0.1, 0.15) is 0 Å². The molecule has 128 valence electrons. The lowest BCUT2D eigenvalue weighted by Crippen LogP contribution is -2.54. The maximum atomic E-state index is 12.6. The summed E-state index contributed by atoms with van der Waals surface area (Å²) in [7, 11) is 0. The van der Waals surface area contributed by atoms with Crippen molar-refractivity contribution in [3.63, 3.8) is 0 Å². The van der Waals surface area contributed by atoms with Crippen molar-refractivity contribution in [2.75, 3.05) is 13.1 Å². The van der Waals surface area contributed by atoms with Gasteiger partial charge in [-0.05, 0) is 36.6 Å². The Morgan fingerprint density at radius 3 is 2.56 bits per heavy atom. The fraction of sp³-hybridized carbons (Fsp3) is 0.368. The smallest absolute Gasteiger partial charge is 0.253 e. The highest BCUT2D eigenvalue weighted by Gasteiger charge is 2.49. The molecule has 1 atom stereocenters. The van der Waals surface area contributed by atoms with Crippen LogP contribution in [0.2, 0.25) is 0 Å². The zero-order chi connectivity index (χ0) is 17.3. The van der Waals surface area contributed by atoms with E-state index in [0.717, 1.165) is 18.4 Å². The molecule has 1 spiro atoms. The number of hydrogen-bond acceptors (Lipinski definition) is 4. The third-order valence-corrected chi connectivity index (χ3v) is 5.40. The van der Waals surface area contributed by atoms with Crippen molar-refractivity contribution in [1.82, 2.24) is 20.2 Å². The van der Waals surface area contributed by atoms with E-state index in [2.05, 4.69) is 15.3 Å². The Morgan fingerprint density at radius 2 is 1.88 bits per heavy atom. The molecule has 25 heavy (non-hydrogen) atoms. The summed E-state index contributed by atoms with van der Waals surface area (Å²) in [6.45, 7) is 1.27. The van der Waals surface area contributed by atoms with Gasteiger partial charge in [-0.2, -0.15) is 0 Å². The van der Waals surface area contributed by atoms with Crippen LogP contribution in [0.1, 0.15) is 41.1 Å². The molecule has 0 radical (unpaired) electrons. The topological polar surface area (TPSA) is 75.2 Å². The van der Waals surface area contributed by atoms with Crippen LogP contribution in [0.3, 0.4) is 0 Å². The normalized spacial score (nSPS) is 22.0. The number of nitrogens with zero attached hydrogens (tertiary/aromatic N) is 3. The second-order valence-electron chi connectivity index (χ2n) is 6.78. The van der Waals surface area contributed by atoms with Crippen LogP contribution in [-0.4, -0.2) is 45.3 Å². The van der Waals surface area contributed by atoms with Gasteiger partial charge in [0.15, 0.2) is 0 Å². The standard InChI is InChI=1S/C19H20N4O2/c24-17-12-16(15-2-1-7-21-13-15)19(22-17)5-10-23(11-6-19)18(25)14-3-8-20-9-4-14/h1-4,7-9,13,16H,5-6,10-12H2,(H,22,24). The fourth-order valence-corrected chi connectivity index (χ4v) is 4.07. The van der Waals surface area contributed by atoms with Crippen LogP contribution in [-0.2, 0) is 4.79 Å². The van der Waals surface area contributed by atoms with Gasteiger partial charge in [0, 0.05) is 55.8 Å². The number of carbonyl (C=O) groups is 2. The van der Waals surface area contributed by atoms with Gasteiger partial charge >= 0.3 is 0 Å². The van der Waals surface area contributed by atoms with Crippen molar-refractivity contribution in [2.45, 2.75) is 30.7 Å². The molecular weight excluding hydrogens is 316 g/mol. The van der Waals surface area contributed by atoms with E-state index in [-0.39, 0.29) is 23.3 Å². The lowest BCUT2D eigenvalue weighted by Gasteiger charge is -2.42. The van der Waals surface area contributed by atoms with E-state index in [4.69, 9.17) is 0 Å². The second kappa shape index (κ2) is 6.27. The summed E-state index contributed by atoms with van der Waals surface area (Å²) >= 11 is 0.